The molecule has 0 radical (unpaired) electrons. The minimum absolute atomic E-state index is 0.440. The molecule has 1 fully saturated rings. The fraction of sp³-hybridized carbons (Fsp3) is 0.562. The van der Waals surface area contributed by atoms with E-state index in [0.29, 0.717) is 11.7 Å². The van der Waals surface area contributed by atoms with Crippen LogP contribution in [-0.4, -0.2) is 12.9 Å². The van der Waals surface area contributed by atoms with Crippen LogP contribution in [0.4, 0.5) is 0 Å². The molecule has 0 atom stereocenters. The zero-order valence-electron chi connectivity index (χ0n) is 11.4. The van der Waals surface area contributed by atoms with Crippen LogP contribution in [0.1, 0.15) is 43.7 Å². The van der Waals surface area contributed by atoms with Crippen molar-refractivity contribution >= 4 is 5.78 Å². The van der Waals surface area contributed by atoms with Crippen LogP contribution in [0.15, 0.2) is 18.2 Å². The van der Waals surface area contributed by atoms with Gasteiger partial charge in [0.2, 0.25) is 0 Å². The molecule has 1 aromatic carbocycles. The molecule has 0 N–H and O–H groups in total. The minimum Gasteiger partial charge on any atom is -0.496 e. The fourth-order valence-electron chi connectivity index (χ4n) is 2.77. The summed E-state index contributed by atoms with van der Waals surface area (Å²) in [7, 11) is 1.72. The Labute approximate surface area is 109 Å². The monoisotopic (exact) mass is 246 g/mol. The Morgan fingerprint density at radius 3 is 2.61 bits per heavy atom. The zero-order chi connectivity index (χ0) is 13.0. The van der Waals surface area contributed by atoms with E-state index in [2.05, 4.69) is 25.1 Å². The van der Waals surface area contributed by atoms with Gasteiger partial charge in [-0.15, -0.1) is 0 Å². The van der Waals surface area contributed by atoms with Gasteiger partial charge in [0, 0.05) is 12.8 Å². The maximum Gasteiger partial charge on any atom is 0.132 e. The highest BCUT2D eigenvalue weighted by atomic mass is 16.5. The average molecular weight is 246 g/mol. The highest BCUT2D eigenvalue weighted by Crippen LogP contribution is 2.27. The van der Waals surface area contributed by atoms with Gasteiger partial charge < -0.3 is 4.74 Å². The molecule has 0 aliphatic heterocycles. The third kappa shape index (κ3) is 3.12. The lowest BCUT2D eigenvalue weighted by atomic mass is 9.84. The van der Waals surface area contributed by atoms with Gasteiger partial charge in [-0.25, -0.2) is 0 Å². The first kappa shape index (κ1) is 13.1. The standard InChI is InChI=1S/C16H22O2/c1-3-14-11-13(6-9-16(14)18-2)10-12-4-7-15(17)8-5-12/h6,9,11-12H,3-5,7-8,10H2,1-2H3. The summed E-state index contributed by atoms with van der Waals surface area (Å²) in [6, 6.07) is 6.49. The lowest BCUT2D eigenvalue weighted by Gasteiger charge is -2.21. The zero-order valence-corrected chi connectivity index (χ0v) is 11.4. The van der Waals surface area contributed by atoms with Crippen molar-refractivity contribution in [3.63, 3.8) is 0 Å². The number of benzene rings is 1. The Morgan fingerprint density at radius 2 is 2.00 bits per heavy atom. The smallest absolute Gasteiger partial charge is 0.132 e. The van der Waals surface area contributed by atoms with Crippen LogP contribution in [0, 0.1) is 5.92 Å². The molecular weight excluding hydrogens is 224 g/mol. The van der Waals surface area contributed by atoms with Crippen LogP contribution in [0.3, 0.4) is 0 Å². The van der Waals surface area contributed by atoms with Crippen molar-refractivity contribution in [1.82, 2.24) is 0 Å². The number of aryl methyl sites for hydroxylation is 1. The number of hydrogen-bond donors (Lipinski definition) is 0. The first-order chi connectivity index (χ1) is 8.72. The van der Waals surface area contributed by atoms with Crippen molar-refractivity contribution < 1.29 is 9.53 Å². The number of methoxy groups -OCH3 is 1. The van der Waals surface area contributed by atoms with E-state index in [1.54, 1.807) is 7.11 Å². The Morgan fingerprint density at radius 1 is 1.28 bits per heavy atom. The van der Waals surface area contributed by atoms with Crippen molar-refractivity contribution in [3.8, 4) is 5.75 Å². The molecule has 0 unspecified atom stereocenters. The van der Waals surface area contributed by atoms with Crippen molar-refractivity contribution in [3.05, 3.63) is 29.3 Å². The van der Waals surface area contributed by atoms with Gasteiger partial charge in [-0.1, -0.05) is 19.1 Å². The van der Waals surface area contributed by atoms with Gasteiger partial charge in [0.1, 0.15) is 11.5 Å². The Balaban J connectivity index is 2.03. The molecule has 2 nitrogen and oxygen atoms in total. The summed E-state index contributed by atoms with van der Waals surface area (Å²) in [5.41, 5.74) is 2.66. The van der Waals surface area contributed by atoms with Gasteiger partial charge in [0.25, 0.3) is 0 Å². The van der Waals surface area contributed by atoms with Crippen molar-refractivity contribution in [2.45, 2.75) is 45.4 Å². The maximum absolute atomic E-state index is 11.2. The third-order valence-corrected chi connectivity index (χ3v) is 3.91. The first-order valence-corrected chi connectivity index (χ1v) is 6.90. The van der Waals surface area contributed by atoms with E-state index in [1.807, 2.05) is 0 Å². The van der Waals surface area contributed by atoms with Gasteiger partial charge in [-0.3, -0.25) is 4.79 Å². The number of ether oxygens (including phenoxy) is 1. The Hall–Kier alpha value is -1.31. The van der Waals surface area contributed by atoms with E-state index in [0.717, 1.165) is 44.3 Å². The minimum atomic E-state index is 0.440. The van der Waals surface area contributed by atoms with Gasteiger partial charge in [0.15, 0.2) is 0 Å². The predicted molar refractivity (Wildman–Crippen MR) is 73.0 cm³/mol. The highest BCUT2D eigenvalue weighted by molar-refractivity contribution is 5.79. The number of hydrogen-bond acceptors (Lipinski definition) is 2. The topological polar surface area (TPSA) is 26.3 Å². The largest absolute Gasteiger partial charge is 0.496 e. The van der Waals surface area contributed by atoms with Gasteiger partial charge in [-0.05, 0) is 48.8 Å². The molecule has 0 bridgehead atoms. The number of rotatable bonds is 4. The molecule has 0 heterocycles. The molecule has 2 rings (SSSR count). The number of Topliss-reactive ketones (excluding diaryl/α,β-unsaturated/α-hetero) is 1. The third-order valence-electron chi connectivity index (χ3n) is 3.91. The lowest BCUT2D eigenvalue weighted by molar-refractivity contribution is -0.121. The van der Waals surface area contributed by atoms with E-state index in [1.165, 1.54) is 11.1 Å². The van der Waals surface area contributed by atoms with Crippen LogP contribution in [0.25, 0.3) is 0 Å². The molecule has 1 saturated carbocycles. The summed E-state index contributed by atoms with van der Waals surface area (Å²) in [6.07, 6.45) is 5.78. The van der Waals surface area contributed by atoms with Crippen LogP contribution < -0.4 is 4.74 Å². The van der Waals surface area contributed by atoms with Crippen LogP contribution in [0.2, 0.25) is 0 Å². The van der Waals surface area contributed by atoms with Crippen LogP contribution in [0.5, 0.6) is 5.75 Å². The van der Waals surface area contributed by atoms with E-state index in [4.69, 9.17) is 4.74 Å². The Kier molecular flexibility index (Phi) is 4.40. The summed E-state index contributed by atoms with van der Waals surface area (Å²) < 4.78 is 5.35. The van der Waals surface area contributed by atoms with Gasteiger partial charge >= 0.3 is 0 Å². The van der Waals surface area contributed by atoms with E-state index in [9.17, 15) is 4.79 Å². The summed E-state index contributed by atoms with van der Waals surface area (Å²) in [6.45, 7) is 2.15. The van der Waals surface area contributed by atoms with Crippen LogP contribution in [-0.2, 0) is 17.6 Å². The molecule has 1 aliphatic rings. The number of ketones is 1. The maximum atomic E-state index is 11.2. The quantitative estimate of drug-likeness (QED) is 0.812. The van der Waals surface area contributed by atoms with E-state index in [-0.39, 0.29) is 0 Å². The normalized spacial score (nSPS) is 16.9. The molecular formula is C16H22O2. The molecule has 0 aromatic heterocycles. The van der Waals surface area contributed by atoms with Gasteiger partial charge in [0.05, 0.1) is 7.11 Å². The Bertz CT molecular complexity index is 413. The van der Waals surface area contributed by atoms with E-state index >= 15 is 0 Å². The molecule has 98 valence electrons. The summed E-state index contributed by atoms with van der Waals surface area (Å²) in [5.74, 6) is 2.11. The number of carbonyl (C=O) groups is 1. The lowest BCUT2D eigenvalue weighted by Crippen LogP contribution is -2.15. The van der Waals surface area contributed by atoms with Crippen molar-refractivity contribution in [1.29, 1.82) is 0 Å². The average Bonchev–Trinajstić information content (AvgIpc) is 2.41. The summed E-state index contributed by atoms with van der Waals surface area (Å²) in [5, 5.41) is 0. The highest BCUT2D eigenvalue weighted by Gasteiger charge is 2.19. The molecule has 1 aliphatic carbocycles. The number of carbonyl (C=O) groups excluding carboxylic acids is 1. The van der Waals surface area contributed by atoms with Crippen molar-refractivity contribution in [2.75, 3.05) is 7.11 Å². The van der Waals surface area contributed by atoms with Crippen LogP contribution >= 0.6 is 0 Å². The SMILES string of the molecule is CCc1cc(CC2CCC(=O)CC2)ccc1OC. The molecule has 0 spiro atoms. The summed E-state index contributed by atoms with van der Waals surface area (Å²) >= 11 is 0. The molecule has 1 aromatic rings. The predicted octanol–water partition coefficient (Wildman–Crippen LogP) is 3.56. The fourth-order valence-corrected chi connectivity index (χ4v) is 2.77. The second-order valence-electron chi connectivity index (χ2n) is 5.19. The first-order valence-electron chi connectivity index (χ1n) is 6.90. The molecule has 18 heavy (non-hydrogen) atoms. The second kappa shape index (κ2) is 6.03. The van der Waals surface area contributed by atoms with Gasteiger partial charge in [-0.2, -0.15) is 0 Å². The molecule has 2 heteroatoms. The second-order valence-corrected chi connectivity index (χ2v) is 5.19. The van der Waals surface area contributed by atoms with Crippen molar-refractivity contribution in [2.24, 2.45) is 5.92 Å². The summed E-state index contributed by atoms with van der Waals surface area (Å²) in [4.78, 5) is 11.2. The molecule has 0 saturated heterocycles. The molecule has 0 amide bonds. The van der Waals surface area contributed by atoms with E-state index < -0.39 is 0 Å².